The van der Waals surface area contributed by atoms with E-state index in [-0.39, 0.29) is 21.7 Å². The fourth-order valence-electron chi connectivity index (χ4n) is 2.84. The van der Waals surface area contributed by atoms with Crippen LogP contribution in [0.3, 0.4) is 0 Å². The Morgan fingerprint density at radius 2 is 1.76 bits per heavy atom. The summed E-state index contributed by atoms with van der Waals surface area (Å²) in [5.41, 5.74) is 13.3. The van der Waals surface area contributed by atoms with Gasteiger partial charge >= 0.3 is 5.97 Å². The van der Waals surface area contributed by atoms with E-state index in [0.717, 1.165) is 6.42 Å². The number of unbranched alkanes of at least 4 members (excludes halogenated alkanes) is 1. The lowest BCUT2D eigenvalue weighted by molar-refractivity contribution is -0.132. The van der Waals surface area contributed by atoms with Crippen LogP contribution < -0.4 is 16.6 Å². The number of nitrogens with two attached hydrogens (primary N) is 3. The quantitative estimate of drug-likeness (QED) is 0.380. The zero-order chi connectivity index (χ0) is 21.8. The Balaban J connectivity index is 2.64. The third kappa shape index (κ3) is 5.43. The summed E-state index contributed by atoms with van der Waals surface area (Å²) in [6, 6.07) is 8.70. The molecule has 0 aliphatic rings. The van der Waals surface area contributed by atoms with Crippen LogP contribution >= 0.6 is 0 Å². The van der Waals surface area contributed by atoms with Crippen LogP contribution in [-0.2, 0) is 14.8 Å². The SMILES string of the molecule is CCCC/C(=C\c1cc(C(N)=O)c(N)c(-c2ccc(S(N)(=O)=O)cc2)c1)C(=O)O. The van der Waals surface area contributed by atoms with E-state index in [1.165, 1.54) is 36.4 Å². The Labute approximate surface area is 169 Å². The Kier molecular flexibility index (Phi) is 6.78. The summed E-state index contributed by atoms with van der Waals surface area (Å²) in [6.45, 7) is 1.96. The van der Waals surface area contributed by atoms with Gasteiger partial charge in [-0.15, -0.1) is 0 Å². The molecule has 0 aromatic heterocycles. The predicted molar refractivity (Wildman–Crippen MR) is 111 cm³/mol. The second-order valence-corrected chi connectivity index (χ2v) is 8.10. The molecule has 7 N–H and O–H groups in total. The average molecular weight is 417 g/mol. The molecule has 9 heteroatoms. The Morgan fingerprint density at radius 1 is 1.14 bits per heavy atom. The predicted octanol–water partition coefficient (Wildman–Crippen LogP) is 2.34. The molecule has 0 atom stereocenters. The van der Waals surface area contributed by atoms with Crippen molar-refractivity contribution in [2.45, 2.75) is 31.1 Å². The number of hydrogen-bond acceptors (Lipinski definition) is 5. The van der Waals surface area contributed by atoms with E-state index in [0.29, 0.717) is 29.5 Å². The van der Waals surface area contributed by atoms with Crippen LogP contribution in [0.4, 0.5) is 5.69 Å². The van der Waals surface area contributed by atoms with Crippen molar-refractivity contribution in [2.24, 2.45) is 10.9 Å². The number of sulfonamides is 1. The number of hydrogen-bond donors (Lipinski definition) is 4. The van der Waals surface area contributed by atoms with Crippen LogP contribution in [0.1, 0.15) is 42.1 Å². The highest BCUT2D eigenvalue weighted by molar-refractivity contribution is 7.89. The number of primary sulfonamides is 1. The molecule has 0 bridgehead atoms. The van der Waals surface area contributed by atoms with Gasteiger partial charge in [-0.2, -0.15) is 0 Å². The fourth-order valence-corrected chi connectivity index (χ4v) is 3.35. The molecule has 0 aliphatic heterocycles. The lowest BCUT2D eigenvalue weighted by Gasteiger charge is -2.12. The monoisotopic (exact) mass is 417 g/mol. The largest absolute Gasteiger partial charge is 0.478 e. The minimum absolute atomic E-state index is 0.0458. The van der Waals surface area contributed by atoms with Crippen molar-refractivity contribution in [3.63, 3.8) is 0 Å². The molecule has 29 heavy (non-hydrogen) atoms. The van der Waals surface area contributed by atoms with Crippen molar-refractivity contribution in [3.8, 4) is 11.1 Å². The number of anilines is 1. The number of rotatable bonds is 8. The normalized spacial score (nSPS) is 12.0. The Hall–Kier alpha value is -3.17. The van der Waals surface area contributed by atoms with Gasteiger partial charge in [-0.25, -0.2) is 18.4 Å². The molecule has 0 heterocycles. The lowest BCUT2D eigenvalue weighted by Crippen LogP contribution is -2.14. The van der Waals surface area contributed by atoms with Crippen molar-refractivity contribution in [1.29, 1.82) is 0 Å². The number of amides is 1. The first-order valence-electron chi connectivity index (χ1n) is 8.85. The Bertz CT molecular complexity index is 1070. The number of carbonyl (C=O) groups excluding carboxylic acids is 1. The molecule has 2 rings (SSSR count). The van der Waals surface area contributed by atoms with E-state index in [1.54, 1.807) is 6.07 Å². The van der Waals surface area contributed by atoms with E-state index in [9.17, 15) is 23.1 Å². The number of carbonyl (C=O) groups is 2. The first-order chi connectivity index (χ1) is 13.5. The minimum Gasteiger partial charge on any atom is -0.478 e. The second-order valence-electron chi connectivity index (χ2n) is 6.54. The van der Waals surface area contributed by atoms with Gasteiger partial charge < -0.3 is 16.6 Å². The molecular weight excluding hydrogens is 394 g/mol. The van der Waals surface area contributed by atoms with Gasteiger partial charge in [0.2, 0.25) is 10.0 Å². The van der Waals surface area contributed by atoms with E-state index in [1.807, 2.05) is 6.92 Å². The van der Waals surface area contributed by atoms with Crippen LogP contribution in [0.15, 0.2) is 46.9 Å². The summed E-state index contributed by atoms with van der Waals surface area (Å²) >= 11 is 0. The number of aliphatic carboxylic acids is 1. The summed E-state index contributed by atoms with van der Waals surface area (Å²) in [4.78, 5) is 23.3. The van der Waals surface area contributed by atoms with Crippen LogP contribution in [0.5, 0.6) is 0 Å². The summed E-state index contributed by atoms with van der Waals surface area (Å²) in [7, 11) is -3.86. The first-order valence-corrected chi connectivity index (χ1v) is 10.4. The van der Waals surface area contributed by atoms with Crippen LogP contribution in [0.25, 0.3) is 17.2 Å². The van der Waals surface area contributed by atoms with Gasteiger partial charge in [-0.05, 0) is 54.3 Å². The van der Waals surface area contributed by atoms with Crippen LogP contribution in [0, 0.1) is 0 Å². The van der Waals surface area contributed by atoms with E-state index < -0.39 is 21.9 Å². The smallest absolute Gasteiger partial charge is 0.331 e. The van der Waals surface area contributed by atoms with E-state index in [2.05, 4.69) is 0 Å². The van der Waals surface area contributed by atoms with Gasteiger partial charge in [0.1, 0.15) is 0 Å². The number of nitrogen functional groups attached to an aromatic ring is 1. The summed E-state index contributed by atoms with van der Waals surface area (Å²) in [6.07, 6.45) is 3.39. The van der Waals surface area contributed by atoms with Crippen molar-refractivity contribution >= 4 is 33.7 Å². The first kappa shape index (κ1) is 22.1. The van der Waals surface area contributed by atoms with Crippen LogP contribution in [-0.4, -0.2) is 25.4 Å². The molecule has 0 unspecified atom stereocenters. The molecule has 2 aromatic rings. The summed E-state index contributed by atoms with van der Waals surface area (Å²) in [5, 5.41) is 14.5. The molecule has 0 radical (unpaired) electrons. The molecule has 0 saturated carbocycles. The molecule has 154 valence electrons. The fraction of sp³-hybridized carbons (Fsp3) is 0.200. The molecule has 0 saturated heterocycles. The minimum atomic E-state index is -3.86. The van der Waals surface area contributed by atoms with E-state index >= 15 is 0 Å². The van der Waals surface area contributed by atoms with Crippen molar-refractivity contribution in [3.05, 3.63) is 53.1 Å². The third-order valence-electron chi connectivity index (χ3n) is 4.38. The third-order valence-corrected chi connectivity index (χ3v) is 5.31. The van der Waals surface area contributed by atoms with Gasteiger partial charge in [-0.3, -0.25) is 4.79 Å². The molecule has 0 fully saturated rings. The zero-order valence-electron chi connectivity index (χ0n) is 15.9. The molecule has 1 amide bonds. The van der Waals surface area contributed by atoms with Gasteiger partial charge in [-0.1, -0.05) is 25.5 Å². The lowest BCUT2D eigenvalue weighted by atomic mass is 9.95. The standard InChI is InChI=1S/C20H23N3O5S/c1-2-3-4-14(20(25)26)9-12-10-16(18(21)17(11-12)19(22)24)13-5-7-15(8-6-13)29(23,27)28/h5-11H,2-4,21H2,1H3,(H2,22,24)(H,25,26)(H2,23,27,28)/b14-9+. The van der Waals surface area contributed by atoms with Crippen molar-refractivity contribution in [1.82, 2.24) is 0 Å². The van der Waals surface area contributed by atoms with Gasteiger partial charge in [0.25, 0.3) is 5.91 Å². The summed E-state index contributed by atoms with van der Waals surface area (Å²) < 4.78 is 22.9. The Morgan fingerprint density at radius 3 is 2.24 bits per heavy atom. The van der Waals surface area contributed by atoms with Gasteiger partial charge in [0.15, 0.2) is 0 Å². The number of benzene rings is 2. The van der Waals surface area contributed by atoms with Crippen LogP contribution in [0.2, 0.25) is 0 Å². The molecule has 0 aliphatic carbocycles. The molecular formula is C20H23N3O5S. The topological polar surface area (TPSA) is 167 Å². The number of carboxylic acids is 1. The zero-order valence-corrected chi connectivity index (χ0v) is 16.7. The second kappa shape index (κ2) is 8.89. The highest BCUT2D eigenvalue weighted by Crippen LogP contribution is 2.32. The average Bonchev–Trinajstić information content (AvgIpc) is 2.65. The maximum Gasteiger partial charge on any atom is 0.331 e. The summed E-state index contributed by atoms with van der Waals surface area (Å²) in [5.74, 6) is -1.81. The van der Waals surface area contributed by atoms with Crippen molar-refractivity contribution in [2.75, 3.05) is 5.73 Å². The number of primary amides is 1. The maximum atomic E-state index is 11.8. The molecule has 0 spiro atoms. The highest BCUT2D eigenvalue weighted by Gasteiger charge is 2.16. The van der Waals surface area contributed by atoms with Gasteiger partial charge in [0, 0.05) is 11.1 Å². The van der Waals surface area contributed by atoms with E-state index in [4.69, 9.17) is 16.6 Å². The maximum absolute atomic E-state index is 11.8. The highest BCUT2D eigenvalue weighted by atomic mass is 32.2. The molecule has 8 nitrogen and oxygen atoms in total. The number of carboxylic acid groups (broad SMARTS) is 1. The molecule has 2 aromatic carbocycles. The van der Waals surface area contributed by atoms with Gasteiger partial charge in [0.05, 0.1) is 16.1 Å². The van der Waals surface area contributed by atoms with Crippen molar-refractivity contribution < 1.29 is 23.1 Å².